The fourth-order valence-corrected chi connectivity index (χ4v) is 2.82. The summed E-state index contributed by atoms with van der Waals surface area (Å²) in [4.78, 5) is 4.32. The molecule has 0 aliphatic rings. The van der Waals surface area contributed by atoms with Crippen LogP contribution in [0.1, 0.15) is 26.7 Å². The average Bonchev–Trinajstić information content (AvgIpc) is 2.27. The highest BCUT2D eigenvalue weighted by atomic mass is 79.9. The molecule has 16 heavy (non-hydrogen) atoms. The Morgan fingerprint density at radius 3 is 3.06 bits per heavy atom. The molecule has 0 aliphatic carbocycles. The van der Waals surface area contributed by atoms with E-state index in [0.29, 0.717) is 6.04 Å². The van der Waals surface area contributed by atoms with Crippen molar-refractivity contribution >= 4 is 27.7 Å². The first-order valence-corrected chi connectivity index (χ1v) is 7.48. The van der Waals surface area contributed by atoms with Crippen LogP contribution in [0.2, 0.25) is 0 Å². The van der Waals surface area contributed by atoms with Gasteiger partial charge in [0.1, 0.15) is 5.03 Å². The van der Waals surface area contributed by atoms with Crippen molar-refractivity contribution in [2.24, 2.45) is 0 Å². The van der Waals surface area contributed by atoms with Crippen LogP contribution < -0.4 is 5.32 Å². The Morgan fingerprint density at radius 2 is 2.38 bits per heavy atom. The number of thioether (sulfide) groups is 1. The Morgan fingerprint density at radius 1 is 1.56 bits per heavy atom. The average molecular weight is 303 g/mol. The van der Waals surface area contributed by atoms with Gasteiger partial charge in [-0.05, 0) is 41.4 Å². The van der Waals surface area contributed by atoms with Gasteiger partial charge in [-0.1, -0.05) is 13.3 Å². The molecular weight excluding hydrogens is 284 g/mol. The lowest BCUT2D eigenvalue weighted by Gasteiger charge is -2.12. The third-order valence-corrected chi connectivity index (χ3v) is 4.19. The Bertz CT molecular complexity index is 307. The van der Waals surface area contributed by atoms with E-state index in [1.54, 1.807) is 11.8 Å². The van der Waals surface area contributed by atoms with Gasteiger partial charge in [0, 0.05) is 29.0 Å². The summed E-state index contributed by atoms with van der Waals surface area (Å²) in [6.45, 7) is 5.50. The molecule has 0 fully saturated rings. The summed E-state index contributed by atoms with van der Waals surface area (Å²) >= 11 is 5.29. The van der Waals surface area contributed by atoms with E-state index >= 15 is 0 Å². The molecule has 1 heterocycles. The summed E-state index contributed by atoms with van der Waals surface area (Å²) in [6.07, 6.45) is 4.32. The van der Waals surface area contributed by atoms with Gasteiger partial charge in [-0.15, -0.1) is 11.8 Å². The van der Waals surface area contributed by atoms with E-state index in [2.05, 4.69) is 40.1 Å². The highest BCUT2D eigenvalue weighted by molar-refractivity contribution is 9.10. The van der Waals surface area contributed by atoms with Crippen molar-refractivity contribution in [3.05, 3.63) is 22.8 Å². The molecule has 4 heteroatoms. The fraction of sp³-hybridized carbons (Fsp3) is 0.583. The number of nitrogens with one attached hydrogen (secondary N) is 1. The van der Waals surface area contributed by atoms with Crippen LogP contribution in [0.15, 0.2) is 27.8 Å². The lowest BCUT2D eigenvalue weighted by Crippen LogP contribution is -2.27. The van der Waals surface area contributed by atoms with Crippen molar-refractivity contribution in [1.29, 1.82) is 0 Å². The minimum absolute atomic E-state index is 0.623. The highest BCUT2D eigenvalue weighted by Gasteiger charge is 2.02. The van der Waals surface area contributed by atoms with Crippen LogP contribution in [0.25, 0.3) is 0 Å². The highest BCUT2D eigenvalue weighted by Crippen LogP contribution is 2.23. The molecule has 1 unspecified atom stereocenters. The zero-order valence-electron chi connectivity index (χ0n) is 9.87. The van der Waals surface area contributed by atoms with Crippen LogP contribution in [0, 0.1) is 0 Å². The number of aromatic nitrogens is 1. The van der Waals surface area contributed by atoms with Crippen molar-refractivity contribution in [3.63, 3.8) is 0 Å². The summed E-state index contributed by atoms with van der Waals surface area (Å²) in [5, 5.41) is 4.59. The smallest absolute Gasteiger partial charge is 0.110 e. The molecule has 0 bridgehead atoms. The number of hydrogen-bond acceptors (Lipinski definition) is 3. The van der Waals surface area contributed by atoms with Crippen molar-refractivity contribution in [2.75, 3.05) is 12.3 Å². The third-order valence-electron chi connectivity index (χ3n) is 2.28. The molecule has 1 aromatic heterocycles. The molecule has 2 nitrogen and oxygen atoms in total. The zero-order valence-corrected chi connectivity index (χ0v) is 12.3. The van der Waals surface area contributed by atoms with E-state index in [-0.39, 0.29) is 0 Å². The quantitative estimate of drug-likeness (QED) is 0.614. The van der Waals surface area contributed by atoms with Crippen LogP contribution in [-0.2, 0) is 0 Å². The molecule has 1 aromatic rings. The van der Waals surface area contributed by atoms with Gasteiger partial charge in [0.25, 0.3) is 0 Å². The van der Waals surface area contributed by atoms with Crippen LogP contribution in [0.4, 0.5) is 0 Å². The summed E-state index contributed by atoms with van der Waals surface area (Å²) in [6, 6.07) is 4.59. The van der Waals surface area contributed by atoms with E-state index in [9.17, 15) is 0 Å². The van der Waals surface area contributed by atoms with Crippen molar-refractivity contribution in [2.45, 2.75) is 37.8 Å². The largest absolute Gasteiger partial charge is 0.313 e. The Kier molecular flexibility index (Phi) is 7.08. The van der Waals surface area contributed by atoms with E-state index in [0.717, 1.165) is 21.8 Å². The molecule has 0 saturated carbocycles. The van der Waals surface area contributed by atoms with Crippen LogP contribution in [0.3, 0.4) is 0 Å². The Hall–Kier alpha value is -0.0600. The maximum atomic E-state index is 4.32. The second kappa shape index (κ2) is 8.09. The van der Waals surface area contributed by atoms with Crippen LogP contribution >= 0.6 is 27.7 Å². The number of rotatable bonds is 7. The standard InChI is InChI=1S/C12H19BrN2S/c1-3-5-10(2)14-8-9-16-12-11(13)6-4-7-15-12/h4,6-7,10,14H,3,5,8-9H2,1-2H3. The van der Waals surface area contributed by atoms with Gasteiger partial charge >= 0.3 is 0 Å². The van der Waals surface area contributed by atoms with Crippen LogP contribution in [-0.4, -0.2) is 23.3 Å². The monoisotopic (exact) mass is 302 g/mol. The lowest BCUT2D eigenvalue weighted by atomic mass is 10.2. The third kappa shape index (κ3) is 5.32. The fourth-order valence-electron chi connectivity index (χ4n) is 1.47. The van der Waals surface area contributed by atoms with Gasteiger partial charge in [-0.2, -0.15) is 0 Å². The molecule has 0 radical (unpaired) electrons. The summed E-state index contributed by atoms with van der Waals surface area (Å²) in [5.41, 5.74) is 0. The van der Waals surface area contributed by atoms with Gasteiger partial charge in [-0.25, -0.2) is 4.98 Å². The lowest BCUT2D eigenvalue weighted by molar-refractivity contribution is 0.526. The molecule has 1 rings (SSSR count). The second-order valence-electron chi connectivity index (χ2n) is 3.78. The van der Waals surface area contributed by atoms with Gasteiger partial charge < -0.3 is 5.32 Å². The second-order valence-corrected chi connectivity index (χ2v) is 5.72. The van der Waals surface area contributed by atoms with Gasteiger partial charge in [0.05, 0.1) is 0 Å². The van der Waals surface area contributed by atoms with Gasteiger partial charge in [0.2, 0.25) is 0 Å². The van der Waals surface area contributed by atoms with Crippen LogP contribution in [0.5, 0.6) is 0 Å². The molecule has 0 aromatic carbocycles. The van der Waals surface area contributed by atoms with E-state index < -0.39 is 0 Å². The van der Waals surface area contributed by atoms with Crippen molar-refractivity contribution in [3.8, 4) is 0 Å². The molecule has 0 amide bonds. The van der Waals surface area contributed by atoms with Crippen molar-refractivity contribution < 1.29 is 0 Å². The first-order chi connectivity index (χ1) is 7.74. The molecule has 90 valence electrons. The number of pyridine rings is 1. The van der Waals surface area contributed by atoms with Gasteiger partial charge in [-0.3, -0.25) is 0 Å². The zero-order chi connectivity index (χ0) is 11.8. The number of halogens is 1. The number of hydrogen-bond donors (Lipinski definition) is 1. The van der Waals surface area contributed by atoms with E-state index in [4.69, 9.17) is 0 Å². The topological polar surface area (TPSA) is 24.9 Å². The molecule has 0 aliphatic heterocycles. The Labute approximate surface area is 111 Å². The first kappa shape index (κ1) is 14.0. The minimum Gasteiger partial charge on any atom is -0.313 e. The maximum absolute atomic E-state index is 4.32. The van der Waals surface area contributed by atoms with E-state index in [1.807, 2.05) is 18.3 Å². The Balaban J connectivity index is 2.19. The minimum atomic E-state index is 0.623. The van der Waals surface area contributed by atoms with Crippen molar-refractivity contribution in [1.82, 2.24) is 10.3 Å². The summed E-state index contributed by atoms with van der Waals surface area (Å²) in [5.74, 6) is 1.06. The molecule has 1 atom stereocenters. The van der Waals surface area contributed by atoms with E-state index in [1.165, 1.54) is 12.8 Å². The number of nitrogens with zero attached hydrogens (tertiary/aromatic N) is 1. The maximum Gasteiger partial charge on any atom is 0.110 e. The first-order valence-electron chi connectivity index (χ1n) is 5.70. The predicted octanol–water partition coefficient (Wildman–Crippen LogP) is 3.71. The normalized spacial score (nSPS) is 12.7. The molecular formula is C12H19BrN2S. The SMILES string of the molecule is CCCC(C)NCCSc1ncccc1Br. The summed E-state index contributed by atoms with van der Waals surface area (Å²) < 4.78 is 1.08. The summed E-state index contributed by atoms with van der Waals surface area (Å²) in [7, 11) is 0. The molecule has 1 N–H and O–H groups in total. The van der Waals surface area contributed by atoms with Gasteiger partial charge in [0.15, 0.2) is 0 Å². The molecule has 0 saturated heterocycles. The predicted molar refractivity (Wildman–Crippen MR) is 75.0 cm³/mol. The molecule has 0 spiro atoms.